The predicted octanol–water partition coefficient (Wildman–Crippen LogP) is 1.34. The minimum absolute atomic E-state index is 0.559. The van der Waals surface area contributed by atoms with Crippen LogP contribution in [0.15, 0.2) is 30.3 Å². The lowest BCUT2D eigenvalue weighted by Crippen LogP contribution is -2.50. The summed E-state index contributed by atoms with van der Waals surface area (Å²) >= 11 is 0. The van der Waals surface area contributed by atoms with Crippen LogP contribution < -0.4 is 10.6 Å². The highest BCUT2D eigenvalue weighted by molar-refractivity contribution is 6.08. The molecule has 1 aliphatic heterocycles. The molecule has 2 N–H and O–H groups in total. The number of benzene rings is 1. The van der Waals surface area contributed by atoms with Crippen molar-refractivity contribution < 1.29 is 23.9 Å². The molecule has 1 saturated heterocycles. The van der Waals surface area contributed by atoms with E-state index in [0.29, 0.717) is 18.4 Å². The van der Waals surface area contributed by atoms with Crippen LogP contribution in [0.25, 0.3) is 0 Å². The zero-order valence-electron chi connectivity index (χ0n) is 16.8. The van der Waals surface area contributed by atoms with Crippen LogP contribution in [0.3, 0.4) is 0 Å². The number of carbonyl (C=O) groups excluding carboxylic acids is 4. The van der Waals surface area contributed by atoms with Gasteiger partial charge in [0.2, 0.25) is 0 Å². The molecule has 9 nitrogen and oxygen atoms in total. The van der Waals surface area contributed by atoms with Crippen LogP contribution in [0.5, 0.6) is 0 Å². The molecule has 0 unspecified atom stereocenters. The number of nitrogens with zero attached hydrogens (tertiary/aromatic N) is 2. The van der Waals surface area contributed by atoms with Crippen molar-refractivity contribution >= 4 is 23.8 Å². The van der Waals surface area contributed by atoms with Gasteiger partial charge in [0.25, 0.3) is 11.8 Å². The molecule has 0 aromatic heterocycles. The SMILES string of the molecule is C[C@@]1(c2ccccc2)NC(=O)N(CC(=O)OCC(=O)NC2(C#N)CCCCC2)C1=O. The van der Waals surface area contributed by atoms with Gasteiger partial charge in [-0.25, -0.2) is 4.79 Å². The van der Waals surface area contributed by atoms with Gasteiger partial charge in [0, 0.05) is 0 Å². The highest BCUT2D eigenvalue weighted by Gasteiger charge is 2.49. The summed E-state index contributed by atoms with van der Waals surface area (Å²) in [5, 5.41) is 14.6. The highest BCUT2D eigenvalue weighted by Crippen LogP contribution is 2.29. The molecule has 0 radical (unpaired) electrons. The summed E-state index contributed by atoms with van der Waals surface area (Å²) in [5.41, 5.74) is -1.62. The Kier molecular flexibility index (Phi) is 6.06. The van der Waals surface area contributed by atoms with E-state index in [1.54, 1.807) is 37.3 Å². The average Bonchev–Trinajstić information content (AvgIpc) is 2.97. The fourth-order valence-corrected chi connectivity index (χ4v) is 3.85. The summed E-state index contributed by atoms with van der Waals surface area (Å²) in [7, 11) is 0. The van der Waals surface area contributed by atoms with Crippen LogP contribution in [0, 0.1) is 11.3 Å². The van der Waals surface area contributed by atoms with Crippen LogP contribution in [0.4, 0.5) is 4.79 Å². The number of ether oxygens (including phenoxy) is 1. The predicted molar refractivity (Wildman–Crippen MR) is 105 cm³/mol. The maximum atomic E-state index is 12.8. The number of nitriles is 1. The minimum Gasteiger partial charge on any atom is -0.454 e. The number of carbonyl (C=O) groups is 4. The maximum Gasteiger partial charge on any atom is 0.326 e. The van der Waals surface area contributed by atoms with Crippen LogP contribution in [-0.4, -0.2) is 47.4 Å². The molecule has 2 fully saturated rings. The fraction of sp³-hybridized carbons (Fsp3) is 0.476. The van der Waals surface area contributed by atoms with Crippen molar-refractivity contribution in [3.63, 3.8) is 0 Å². The molecule has 1 aromatic rings. The van der Waals surface area contributed by atoms with Crippen LogP contribution in [0.1, 0.15) is 44.6 Å². The molecule has 1 heterocycles. The van der Waals surface area contributed by atoms with Gasteiger partial charge in [0.1, 0.15) is 17.6 Å². The number of urea groups is 1. The molecular weight excluding hydrogens is 388 g/mol. The molecular formula is C21H24N4O5. The number of imide groups is 1. The number of hydrogen-bond donors (Lipinski definition) is 2. The number of nitrogens with one attached hydrogen (secondary N) is 2. The third-order valence-corrected chi connectivity index (χ3v) is 5.58. The summed E-state index contributed by atoms with van der Waals surface area (Å²) in [5.74, 6) is -2.05. The van der Waals surface area contributed by atoms with Gasteiger partial charge in [-0.2, -0.15) is 5.26 Å². The summed E-state index contributed by atoms with van der Waals surface area (Å²) in [6.45, 7) is 0.373. The molecule has 1 aliphatic carbocycles. The minimum atomic E-state index is -1.28. The van der Waals surface area contributed by atoms with Crippen molar-refractivity contribution in [2.24, 2.45) is 0 Å². The van der Waals surface area contributed by atoms with Gasteiger partial charge in [-0.15, -0.1) is 0 Å². The van der Waals surface area contributed by atoms with Crippen molar-refractivity contribution in [2.45, 2.75) is 50.1 Å². The quantitative estimate of drug-likeness (QED) is 0.536. The molecule has 1 atom stereocenters. The Labute approximate surface area is 174 Å². The Morgan fingerprint density at radius 3 is 2.50 bits per heavy atom. The van der Waals surface area contributed by atoms with Crippen LogP contribution in [0.2, 0.25) is 0 Å². The highest BCUT2D eigenvalue weighted by atomic mass is 16.5. The fourth-order valence-electron chi connectivity index (χ4n) is 3.85. The van der Waals surface area contributed by atoms with Crippen molar-refractivity contribution in [2.75, 3.05) is 13.2 Å². The first kappa shape index (κ1) is 21.3. The zero-order valence-corrected chi connectivity index (χ0v) is 16.8. The van der Waals surface area contributed by atoms with E-state index in [1.165, 1.54) is 0 Å². The monoisotopic (exact) mass is 412 g/mol. The van der Waals surface area contributed by atoms with E-state index >= 15 is 0 Å². The molecule has 4 amide bonds. The second-order valence-electron chi connectivity index (χ2n) is 7.78. The Balaban J connectivity index is 1.55. The number of amides is 4. The van der Waals surface area contributed by atoms with Gasteiger partial charge in [0.15, 0.2) is 6.61 Å². The molecule has 1 saturated carbocycles. The van der Waals surface area contributed by atoms with Crippen LogP contribution >= 0.6 is 0 Å². The largest absolute Gasteiger partial charge is 0.454 e. The Morgan fingerprint density at radius 2 is 1.87 bits per heavy atom. The van der Waals surface area contributed by atoms with Gasteiger partial charge in [-0.3, -0.25) is 19.3 Å². The summed E-state index contributed by atoms with van der Waals surface area (Å²) in [6, 6.07) is 10.1. The molecule has 2 aliphatic rings. The van der Waals surface area contributed by atoms with Crippen LogP contribution in [-0.2, 0) is 24.7 Å². The number of hydrogen-bond acceptors (Lipinski definition) is 6. The Morgan fingerprint density at radius 1 is 1.20 bits per heavy atom. The summed E-state index contributed by atoms with van der Waals surface area (Å²) in [6.07, 6.45) is 3.83. The third kappa shape index (κ3) is 4.27. The summed E-state index contributed by atoms with van der Waals surface area (Å²) in [4.78, 5) is 50.1. The molecule has 158 valence electrons. The lowest BCUT2D eigenvalue weighted by molar-refractivity contribution is -0.151. The average molecular weight is 412 g/mol. The molecule has 0 spiro atoms. The first-order valence-electron chi connectivity index (χ1n) is 9.87. The lowest BCUT2D eigenvalue weighted by Gasteiger charge is -2.31. The summed E-state index contributed by atoms with van der Waals surface area (Å²) < 4.78 is 4.93. The van der Waals surface area contributed by atoms with Gasteiger partial charge in [-0.1, -0.05) is 49.6 Å². The maximum absolute atomic E-state index is 12.8. The standard InChI is InChI=1S/C21H24N4O5/c1-20(15-8-4-2-5-9-15)18(28)25(19(29)24-20)12-17(27)30-13-16(26)23-21(14-22)10-6-3-7-11-21/h2,4-5,8-9H,3,6-7,10-13H2,1H3,(H,23,26)(H,24,29)/t20-/m0/s1. The molecule has 1 aromatic carbocycles. The molecule has 30 heavy (non-hydrogen) atoms. The first-order valence-corrected chi connectivity index (χ1v) is 9.87. The number of esters is 1. The Bertz CT molecular complexity index is 888. The molecule has 3 rings (SSSR count). The molecule has 0 bridgehead atoms. The van der Waals surface area contributed by atoms with E-state index in [2.05, 4.69) is 16.7 Å². The second kappa shape index (κ2) is 8.53. The van der Waals surface area contributed by atoms with E-state index < -0.39 is 48.0 Å². The second-order valence-corrected chi connectivity index (χ2v) is 7.78. The smallest absolute Gasteiger partial charge is 0.326 e. The third-order valence-electron chi connectivity index (χ3n) is 5.58. The van der Waals surface area contributed by atoms with Gasteiger partial charge >= 0.3 is 12.0 Å². The van der Waals surface area contributed by atoms with E-state index in [0.717, 1.165) is 24.2 Å². The molecule has 9 heteroatoms. The van der Waals surface area contributed by atoms with Crippen molar-refractivity contribution in [1.29, 1.82) is 5.26 Å². The zero-order chi connectivity index (χ0) is 21.8. The number of rotatable bonds is 6. The van der Waals surface area contributed by atoms with Crippen molar-refractivity contribution in [3.8, 4) is 6.07 Å². The normalized spacial score (nSPS) is 22.7. The Hall–Kier alpha value is -3.41. The lowest BCUT2D eigenvalue weighted by atomic mass is 9.83. The van der Waals surface area contributed by atoms with E-state index in [4.69, 9.17) is 4.74 Å². The van der Waals surface area contributed by atoms with E-state index in [-0.39, 0.29) is 0 Å². The first-order chi connectivity index (χ1) is 14.3. The topological polar surface area (TPSA) is 129 Å². The van der Waals surface area contributed by atoms with Gasteiger partial charge < -0.3 is 15.4 Å². The van der Waals surface area contributed by atoms with E-state index in [9.17, 15) is 24.4 Å². The van der Waals surface area contributed by atoms with E-state index in [1.807, 2.05) is 0 Å². The van der Waals surface area contributed by atoms with Crippen molar-refractivity contribution in [1.82, 2.24) is 15.5 Å². The van der Waals surface area contributed by atoms with Gasteiger partial charge in [-0.05, 0) is 25.3 Å². The van der Waals surface area contributed by atoms with Gasteiger partial charge in [0.05, 0.1) is 6.07 Å². The van der Waals surface area contributed by atoms with Crippen molar-refractivity contribution in [3.05, 3.63) is 35.9 Å².